The molecule has 3 rings (SSSR count). The number of halogens is 1. The largest absolute Gasteiger partial charge is 0.478 e. The number of nitrogens with two attached hydrogens (primary N) is 1. The standard InChI is InChI=1S/C18H15FN4O2/c1-11-10-23(18(20)22-11)21-9-13-4-2-3-5-14(13)12-6-7-15(17(24)25)16(19)8-12/h2-10H,1H3,(H2,20,22)(H,24,25). The Hall–Kier alpha value is -3.48. The summed E-state index contributed by atoms with van der Waals surface area (Å²) in [7, 11) is 0. The van der Waals surface area contributed by atoms with E-state index in [2.05, 4.69) is 10.1 Å². The number of carbonyl (C=O) groups is 1. The van der Waals surface area contributed by atoms with Gasteiger partial charge in [-0.15, -0.1) is 0 Å². The molecule has 0 atom stereocenters. The third-order valence-electron chi connectivity index (χ3n) is 3.63. The quantitative estimate of drug-likeness (QED) is 0.715. The van der Waals surface area contributed by atoms with Crippen molar-refractivity contribution in [1.29, 1.82) is 0 Å². The molecule has 0 aliphatic carbocycles. The molecule has 0 saturated heterocycles. The number of nitrogen functional groups attached to an aromatic ring is 1. The van der Waals surface area contributed by atoms with Crippen LogP contribution in [-0.4, -0.2) is 27.0 Å². The van der Waals surface area contributed by atoms with Gasteiger partial charge in [0.15, 0.2) is 0 Å². The lowest BCUT2D eigenvalue weighted by molar-refractivity contribution is 0.0692. The lowest BCUT2D eigenvalue weighted by Gasteiger charge is -2.07. The van der Waals surface area contributed by atoms with Gasteiger partial charge in [-0.25, -0.2) is 18.8 Å². The average molecular weight is 338 g/mol. The van der Waals surface area contributed by atoms with Gasteiger partial charge in [-0.3, -0.25) is 0 Å². The molecule has 0 aliphatic heterocycles. The van der Waals surface area contributed by atoms with Gasteiger partial charge in [0, 0.05) is 5.56 Å². The van der Waals surface area contributed by atoms with Gasteiger partial charge in [0.25, 0.3) is 0 Å². The van der Waals surface area contributed by atoms with Crippen LogP contribution in [-0.2, 0) is 0 Å². The molecule has 2 aromatic carbocycles. The summed E-state index contributed by atoms with van der Waals surface area (Å²) in [5, 5.41) is 13.2. The zero-order valence-corrected chi connectivity index (χ0v) is 13.3. The van der Waals surface area contributed by atoms with Crippen LogP contribution >= 0.6 is 0 Å². The second kappa shape index (κ2) is 6.56. The van der Waals surface area contributed by atoms with Crippen molar-refractivity contribution < 1.29 is 14.3 Å². The first kappa shape index (κ1) is 16.4. The number of nitrogens with zero attached hydrogens (tertiary/aromatic N) is 3. The molecule has 3 N–H and O–H groups in total. The van der Waals surface area contributed by atoms with E-state index in [0.717, 1.165) is 16.8 Å². The zero-order chi connectivity index (χ0) is 18.0. The summed E-state index contributed by atoms with van der Waals surface area (Å²) < 4.78 is 15.4. The summed E-state index contributed by atoms with van der Waals surface area (Å²) in [5.74, 6) is -1.82. The zero-order valence-electron chi connectivity index (χ0n) is 13.3. The van der Waals surface area contributed by atoms with Gasteiger partial charge >= 0.3 is 5.97 Å². The van der Waals surface area contributed by atoms with Crippen molar-refractivity contribution in [3.05, 3.63) is 71.3 Å². The van der Waals surface area contributed by atoms with Crippen LogP contribution in [0.15, 0.2) is 53.8 Å². The first-order valence-corrected chi connectivity index (χ1v) is 7.44. The van der Waals surface area contributed by atoms with Crippen molar-refractivity contribution in [2.45, 2.75) is 6.92 Å². The number of carboxylic acid groups (broad SMARTS) is 1. The summed E-state index contributed by atoms with van der Waals surface area (Å²) in [6.07, 6.45) is 3.28. The number of aromatic nitrogens is 2. The molecule has 0 aliphatic rings. The van der Waals surface area contributed by atoms with Crippen LogP contribution in [0.2, 0.25) is 0 Å². The Labute approximate surface area is 143 Å². The molecule has 0 fully saturated rings. The minimum absolute atomic E-state index is 0.267. The van der Waals surface area contributed by atoms with Crippen molar-refractivity contribution in [2.75, 3.05) is 5.73 Å². The third kappa shape index (κ3) is 3.40. The lowest BCUT2D eigenvalue weighted by atomic mass is 9.99. The Morgan fingerprint density at radius 1 is 1.32 bits per heavy atom. The van der Waals surface area contributed by atoms with Crippen molar-refractivity contribution in [3.63, 3.8) is 0 Å². The van der Waals surface area contributed by atoms with E-state index >= 15 is 0 Å². The van der Waals surface area contributed by atoms with Crippen LogP contribution in [0.1, 0.15) is 21.6 Å². The number of hydrogen-bond acceptors (Lipinski definition) is 4. The van der Waals surface area contributed by atoms with Gasteiger partial charge in [-0.2, -0.15) is 5.10 Å². The van der Waals surface area contributed by atoms with Crippen LogP contribution in [0.25, 0.3) is 11.1 Å². The second-order valence-electron chi connectivity index (χ2n) is 5.42. The monoisotopic (exact) mass is 338 g/mol. The van der Waals surface area contributed by atoms with Crippen molar-refractivity contribution in [3.8, 4) is 11.1 Å². The van der Waals surface area contributed by atoms with Gasteiger partial charge in [0.1, 0.15) is 5.82 Å². The van der Waals surface area contributed by atoms with Crippen LogP contribution in [0.4, 0.5) is 10.3 Å². The number of rotatable bonds is 4. The normalized spacial score (nSPS) is 11.1. The first-order valence-electron chi connectivity index (χ1n) is 7.44. The molecule has 6 nitrogen and oxygen atoms in total. The van der Waals surface area contributed by atoms with E-state index in [1.54, 1.807) is 24.5 Å². The number of aromatic carboxylic acids is 1. The van der Waals surface area contributed by atoms with Crippen molar-refractivity contribution >= 4 is 18.1 Å². The van der Waals surface area contributed by atoms with E-state index in [1.165, 1.54) is 16.8 Å². The minimum atomic E-state index is -1.30. The molecular weight excluding hydrogens is 323 g/mol. The molecule has 3 aromatic rings. The van der Waals surface area contributed by atoms with Gasteiger partial charge < -0.3 is 10.8 Å². The number of aryl methyl sites for hydroxylation is 1. The highest BCUT2D eigenvalue weighted by atomic mass is 19.1. The number of hydrogen-bond donors (Lipinski definition) is 2. The lowest BCUT2D eigenvalue weighted by Crippen LogP contribution is -2.01. The fourth-order valence-electron chi connectivity index (χ4n) is 2.45. The first-order chi connectivity index (χ1) is 12.0. The number of anilines is 1. The number of benzene rings is 2. The summed E-state index contributed by atoms with van der Waals surface area (Å²) in [5.41, 5.74) is 8.14. The van der Waals surface area contributed by atoms with E-state index in [9.17, 15) is 9.18 Å². The molecule has 0 unspecified atom stereocenters. The van der Waals surface area contributed by atoms with E-state index < -0.39 is 11.8 Å². The molecule has 0 amide bonds. The molecule has 1 aromatic heterocycles. The smallest absolute Gasteiger partial charge is 0.338 e. The summed E-state index contributed by atoms with van der Waals surface area (Å²) >= 11 is 0. The maximum atomic E-state index is 14.0. The predicted octanol–water partition coefficient (Wildman–Crippen LogP) is 3.16. The van der Waals surface area contributed by atoms with E-state index in [1.807, 2.05) is 25.1 Å². The second-order valence-corrected chi connectivity index (χ2v) is 5.42. The Morgan fingerprint density at radius 3 is 2.72 bits per heavy atom. The maximum Gasteiger partial charge on any atom is 0.338 e. The Balaban J connectivity index is 2.00. The van der Waals surface area contributed by atoms with Crippen molar-refractivity contribution in [2.24, 2.45) is 5.10 Å². The van der Waals surface area contributed by atoms with Gasteiger partial charge in [-0.05, 0) is 30.2 Å². The fourth-order valence-corrected chi connectivity index (χ4v) is 2.45. The number of carboxylic acids is 1. The molecule has 0 spiro atoms. The van der Waals surface area contributed by atoms with Crippen LogP contribution in [0.5, 0.6) is 0 Å². The Morgan fingerprint density at radius 2 is 2.08 bits per heavy atom. The highest BCUT2D eigenvalue weighted by Crippen LogP contribution is 2.25. The molecule has 126 valence electrons. The van der Waals surface area contributed by atoms with E-state index in [4.69, 9.17) is 10.8 Å². The Kier molecular flexibility index (Phi) is 4.30. The van der Waals surface area contributed by atoms with Crippen molar-refractivity contribution in [1.82, 2.24) is 9.66 Å². The Bertz CT molecular complexity index is 979. The third-order valence-corrected chi connectivity index (χ3v) is 3.63. The topological polar surface area (TPSA) is 93.5 Å². The highest BCUT2D eigenvalue weighted by Gasteiger charge is 2.12. The van der Waals surface area contributed by atoms with Crippen LogP contribution < -0.4 is 5.73 Å². The predicted molar refractivity (Wildman–Crippen MR) is 93.2 cm³/mol. The molecule has 0 saturated carbocycles. The molecule has 0 radical (unpaired) electrons. The number of imidazole rings is 1. The highest BCUT2D eigenvalue weighted by molar-refractivity contribution is 5.92. The van der Waals surface area contributed by atoms with Crippen LogP contribution in [0, 0.1) is 12.7 Å². The van der Waals surface area contributed by atoms with Crippen LogP contribution in [0.3, 0.4) is 0 Å². The van der Waals surface area contributed by atoms with Gasteiger partial charge in [-0.1, -0.05) is 30.3 Å². The van der Waals surface area contributed by atoms with E-state index in [-0.39, 0.29) is 11.5 Å². The SMILES string of the molecule is Cc1cn(N=Cc2ccccc2-c2ccc(C(=O)O)c(F)c2)c(N)n1. The minimum Gasteiger partial charge on any atom is -0.478 e. The fraction of sp³-hybridized carbons (Fsp3) is 0.0556. The summed E-state index contributed by atoms with van der Waals surface area (Å²) in [4.78, 5) is 15.0. The average Bonchev–Trinajstić information content (AvgIpc) is 2.90. The van der Waals surface area contributed by atoms with Gasteiger partial charge in [0.2, 0.25) is 5.95 Å². The summed E-state index contributed by atoms with van der Waals surface area (Å²) in [6, 6.07) is 11.3. The van der Waals surface area contributed by atoms with Gasteiger partial charge in [0.05, 0.1) is 23.7 Å². The molecule has 1 heterocycles. The molecule has 0 bridgehead atoms. The molecule has 25 heavy (non-hydrogen) atoms. The van der Waals surface area contributed by atoms with E-state index in [0.29, 0.717) is 5.56 Å². The molecular formula is C18H15FN4O2. The maximum absolute atomic E-state index is 14.0. The summed E-state index contributed by atoms with van der Waals surface area (Å²) in [6.45, 7) is 1.81. The molecule has 7 heteroatoms.